The lowest BCUT2D eigenvalue weighted by Crippen LogP contribution is -2.00. The molecule has 0 amide bonds. The molecule has 5 nitrogen and oxygen atoms in total. The normalized spacial score (nSPS) is 10.6. The van der Waals surface area contributed by atoms with Crippen LogP contribution in [0.5, 0.6) is 0 Å². The van der Waals surface area contributed by atoms with E-state index < -0.39 is 16.6 Å². The molecule has 2 rings (SSSR count). The lowest BCUT2D eigenvalue weighted by Gasteiger charge is -2.05. The highest BCUT2D eigenvalue weighted by Gasteiger charge is 2.22. The summed E-state index contributed by atoms with van der Waals surface area (Å²) >= 11 is 6.47. The molecule has 0 radical (unpaired) electrons. The minimum atomic E-state index is -1.05. The van der Waals surface area contributed by atoms with Crippen LogP contribution in [0, 0.1) is 28.7 Å². The minimum absolute atomic E-state index is 0.0292. The van der Waals surface area contributed by atoms with Gasteiger partial charge in [0.15, 0.2) is 16.7 Å². The van der Waals surface area contributed by atoms with Crippen molar-refractivity contribution >= 4 is 29.1 Å². The Bertz CT molecular complexity index is 700. The average molecular weight is 318 g/mol. The third-order valence-electron chi connectivity index (χ3n) is 2.29. The molecule has 1 heterocycles. The topological polar surface area (TPSA) is 68.9 Å². The van der Waals surface area contributed by atoms with Crippen LogP contribution in [0.25, 0.3) is 0 Å². The van der Waals surface area contributed by atoms with E-state index in [1.54, 1.807) is 0 Å². The predicted molar refractivity (Wildman–Crippen MR) is 68.9 cm³/mol. The van der Waals surface area contributed by atoms with Gasteiger partial charge >= 0.3 is 5.69 Å². The molecule has 0 atom stereocenters. The monoisotopic (exact) mass is 317 g/mol. The Morgan fingerprint density at radius 2 is 2.00 bits per heavy atom. The number of hydrogen-bond acceptors (Lipinski definition) is 5. The third-order valence-corrected chi connectivity index (χ3v) is 3.42. The molecule has 0 bridgehead atoms. The van der Waals surface area contributed by atoms with Crippen molar-refractivity contribution in [2.75, 3.05) is 0 Å². The maximum Gasteiger partial charge on any atom is 0.322 e. The second-order valence-corrected chi connectivity index (χ2v) is 5.07. The van der Waals surface area contributed by atoms with Crippen LogP contribution in [0.15, 0.2) is 28.1 Å². The van der Waals surface area contributed by atoms with E-state index in [9.17, 15) is 18.9 Å². The van der Waals surface area contributed by atoms with Crippen molar-refractivity contribution in [3.05, 3.63) is 50.9 Å². The van der Waals surface area contributed by atoms with Gasteiger partial charge in [0.2, 0.25) is 5.28 Å². The van der Waals surface area contributed by atoms with Gasteiger partial charge in [-0.25, -0.2) is 18.7 Å². The minimum Gasteiger partial charge on any atom is -0.258 e. The van der Waals surface area contributed by atoms with Gasteiger partial charge in [0.1, 0.15) is 5.69 Å². The van der Waals surface area contributed by atoms with Crippen LogP contribution < -0.4 is 0 Å². The summed E-state index contributed by atoms with van der Waals surface area (Å²) in [6, 6.07) is 3.15. The van der Waals surface area contributed by atoms with Crippen LogP contribution in [0.1, 0.15) is 5.69 Å². The summed E-state index contributed by atoms with van der Waals surface area (Å²) in [6.45, 7) is 1.42. The number of aryl methyl sites for hydroxylation is 1. The lowest BCUT2D eigenvalue weighted by atomic mass is 10.3. The fourth-order valence-electron chi connectivity index (χ4n) is 1.44. The average Bonchev–Trinajstić information content (AvgIpc) is 2.32. The van der Waals surface area contributed by atoms with Gasteiger partial charge < -0.3 is 0 Å². The summed E-state index contributed by atoms with van der Waals surface area (Å²) in [7, 11) is 0. The second-order valence-electron chi connectivity index (χ2n) is 3.67. The Kier molecular flexibility index (Phi) is 4.15. The molecule has 1 aromatic heterocycles. The van der Waals surface area contributed by atoms with Crippen LogP contribution in [-0.2, 0) is 0 Å². The molecule has 0 spiro atoms. The van der Waals surface area contributed by atoms with E-state index in [1.165, 1.54) is 13.0 Å². The van der Waals surface area contributed by atoms with Crippen molar-refractivity contribution in [1.29, 1.82) is 0 Å². The molecule has 0 saturated heterocycles. The first-order valence-electron chi connectivity index (χ1n) is 5.20. The molecule has 0 saturated carbocycles. The molecule has 0 fully saturated rings. The fraction of sp³-hybridized carbons (Fsp3) is 0.0909. The maximum absolute atomic E-state index is 13.1. The van der Waals surface area contributed by atoms with Crippen molar-refractivity contribution < 1.29 is 13.7 Å². The summed E-state index contributed by atoms with van der Waals surface area (Å²) in [5.41, 5.74) is -0.218. The van der Waals surface area contributed by atoms with Crippen LogP contribution in [0.4, 0.5) is 14.5 Å². The Hall–Kier alpha value is -1.80. The predicted octanol–water partition coefficient (Wildman–Crippen LogP) is 3.78. The zero-order chi connectivity index (χ0) is 14.9. The molecule has 1 aromatic carbocycles. The summed E-state index contributed by atoms with van der Waals surface area (Å²) in [6.07, 6.45) is 0. The molecule has 0 aliphatic rings. The summed E-state index contributed by atoms with van der Waals surface area (Å²) in [4.78, 5) is 18.1. The van der Waals surface area contributed by atoms with Crippen LogP contribution in [0.3, 0.4) is 0 Å². The Labute approximate surface area is 121 Å². The van der Waals surface area contributed by atoms with Gasteiger partial charge in [-0.15, -0.1) is 0 Å². The summed E-state index contributed by atoms with van der Waals surface area (Å²) in [5, 5.41) is 10.8. The number of hydrogen-bond donors (Lipinski definition) is 0. The van der Waals surface area contributed by atoms with Crippen molar-refractivity contribution in [3.8, 4) is 0 Å². The van der Waals surface area contributed by atoms with E-state index in [1.807, 2.05) is 0 Å². The molecule has 9 heteroatoms. The number of halogens is 3. The molecule has 0 aliphatic heterocycles. The lowest BCUT2D eigenvalue weighted by molar-refractivity contribution is -0.389. The first-order chi connectivity index (χ1) is 9.38. The number of aromatic nitrogens is 2. The van der Waals surface area contributed by atoms with Crippen molar-refractivity contribution in [2.45, 2.75) is 16.8 Å². The number of benzene rings is 1. The second kappa shape index (κ2) is 5.68. The SMILES string of the molecule is Cc1nc(Cl)nc(Sc2ccc(F)c(F)c2)c1[N+](=O)[O-]. The zero-order valence-electron chi connectivity index (χ0n) is 9.93. The smallest absolute Gasteiger partial charge is 0.258 e. The standard InChI is InChI=1S/C11H6ClF2N3O2S/c1-5-9(17(18)19)10(16-11(12)15-5)20-6-2-3-7(13)8(14)4-6/h2-4H,1H3. The van der Waals surface area contributed by atoms with Gasteiger partial charge in [-0.05, 0) is 36.7 Å². The van der Waals surface area contributed by atoms with E-state index in [-0.39, 0.29) is 26.6 Å². The number of nitrogens with zero attached hydrogens (tertiary/aromatic N) is 3. The molecule has 0 aliphatic carbocycles. The summed E-state index contributed by atoms with van der Waals surface area (Å²) in [5.74, 6) is -2.05. The zero-order valence-corrected chi connectivity index (χ0v) is 11.5. The van der Waals surface area contributed by atoms with E-state index in [4.69, 9.17) is 11.6 Å². The van der Waals surface area contributed by atoms with Crippen LogP contribution in [0.2, 0.25) is 5.28 Å². The van der Waals surface area contributed by atoms with E-state index in [0.717, 1.165) is 23.9 Å². The van der Waals surface area contributed by atoms with E-state index >= 15 is 0 Å². The Morgan fingerprint density at radius 1 is 1.30 bits per heavy atom. The first kappa shape index (κ1) is 14.6. The highest BCUT2D eigenvalue weighted by molar-refractivity contribution is 7.99. The quantitative estimate of drug-likeness (QED) is 0.373. The largest absolute Gasteiger partial charge is 0.322 e. The van der Waals surface area contributed by atoms with Gasteiger partial charge in [-0.3, -0.25) is 10.1 Å². The van der Waals surface area contributed by atoms with Gasteiger partial charge in [-0.1, -0.05) is 11.8 Å². The molecule has 0 unspecified atom stereocenters. The van der Waals surface area contributed by atoms with Gasteiger partial charge in [-0.2, -0.15) is 0 Å². The van der Waals surface area contributed by atoms with Gasteiger partial charge in [0.25, 0.3) is 0 Å². The molecule has 20 heavy (non-hydrogen) atoms. The molecular weight excluding hydrogens is 312 g/mol. The van der Waals surface area contributed by atoms with Crippen LogP contribution >= 0.6 is 23.4 Å². The third kappa shape index (κ3) is 3.02. The van der Waals surface area contributed by atoms with E-state index in [0.29, 0.717) is 0 Å². The highest BCUT2D eigenvalue weighted by Crippen LogP contribution is 2.35. The maximum atomic E-state index is 13.1. The molecule has 0 N–H and O–H groups in total. The van der Waals surface area contributed by atoms with Gasteiger partial charge in [0, 0.05) is 4.90 Å². The fourth-order valence-corrected chi connectivity index (χ4v) is 2.68. The van der Waals surface area contributed by atoms with Crippen molar-refractivity contribution in [2.24, 2.45) is 0 Å². The highest BCUT2D eigenvalue weighted by atomic mass is 35.5. The number of nitro groups is 1. The molecule has 2 aromatic rings. The van der Waals surface area contributed by atoms with Crippen LogP contribution in [-0.4, -0.2) is 14.9 Å². The Balaban J connectivity index is 2.47. The van der Waals surface area contributed by atoms with Gasteiger partial charge in [0.05, 0.1) is 4.92 Å². The summed E-state index contributed by atoms with van der Waals surface area (Å²) < 4.78 is 26.0. The van der Waals surface area contributed by atoms with E-state index in [2.05, 4.69) is 9.97 Å². The Morgan fingerprint density at radius 3 is 2.60 bits per heavy atom. The first-order valence-corrected chi connectivity index (χ1v) is 6.39. The van der Waals surface area contributed by atoms with Crippen molar-refractivity contribution in [3.63, 3.8) is 0 Å². The molecule has 104 valence electrons. The number of rotatable bonds is 3. The van der Waals surface area contributed by atoms with Crippen molar-refractivity contribution in [1.82, 2.24) is 9.97 Å². The molecular formula is C11H6ClF2N3O2S.